The normalized spacial score (nSPS) is 23.6. The summed E-state index contributed by atoms with van der Waals surface area (Å²) >= 11 is 0. The molecule has 14 aromatic carbocycles. The molecule has 0 radical (unpaired) electrons. The number of hydrogen-bond donors (Lipinski definition) is 0. The van der Waals surface area contributed by atoms with Gasteiger partial charge in [0.2, 0.25) is 6.29 Å². The Bertz CT molecular complexity index is 6480. The van der Waals surface area contributed by atoms with Gasteiger partial charge in [0.1, 0.15) is 84.0 Å². The highest BCUT2D eigenvalue weighted by Gasteiger charge is 2.60. The van der Waals surface area contributed by atoms with Crippen molar-refractivity contribution < 1.29 is 133 Å². The van der Waals surface area contributed by atoms with Crippen molar-refractivity contribution in [2.75, 3.05) is 40.6 Å². The van der Waals surface area contributed by atoms with E-state index in [1.165, 1.54) is 14.0 Å². The number of esters is 5. The number of fused-ring (bicyclic) bond motifs is 1. The van der Waals surface area contributed by atoms with Gasteiger partial charge in [0.15, 0.2) is 55.5 Å². The molecule has 0 saturated carbocycles. The number of carbonyl (C=O) groups excluding carboxylic acids is 5. The molecule has 0 N–H and O–H groups in total. The summed E-state index contributed by atoms with van der Waals surface area (Å²) in [4.78, 5) is 76.3. The zero-order chi connectivity index (χ0) is 102. The molecule has 0 bridgehead atoms. The second kappa shape index (κ2) is 52.8. The van der Waals surface area contributed by atoms with Crippen LogP contribution in [0.15, 0.2) is 394 Å². The van der Waals surface area contributed by atoms with Gasteiger partial charge in [0, 0.05) is 6.92 Å². The summed E-state index contributed by atoms with van der Waals surface area (Å²) in [5.74, 6) is -2.84. The largest absolute Gasteiger partial charge is 0.497 e. The summed E-state index contributed by atoms with van der Waals surface area (Å²) in [6, 6.07) is 117. The van der Waals surface area contributed by atoms with Crippen LogP contribution < -0.4 is 18.9 Å². The van der Waals surface area contributed by atoms with Crippen molar-refractivity contribution in [2.45, 2.75) is 176 Å². The third-order valence-corrected chi connectivity index (χ3v) is 25.7. The fraction of sp³-hybridized carbons (Fsp3) is 0.281. The number of rotatable bonds is 46. The molecule has 0 spiro atoms. The molecule has 0 unspecified atom stereocenters. The zero-order valence-corrected chi connectivity index (χ0v) is 82.3. The molecule has 4 heterocycles. The third kappa shape index (κ3) is 28.4. The lowest BCUT2D eigenvalue weighted by atomic mass is 9.95. The van der Waals surface area contributed by atoms with Gasteiger partial charge in [-0.2, -0.15) is 0 Å². The Labute approximate surface area is 863 Å². The van der Waals surface area contributed by atoms with E-state index in [0.29, 0.717) is 17.1 Å². The monoisotopic (exact) mass is 2020 g/mol. The SMILES string of the molecule is COc1ccc(CO[C@@H]2[C@H](OC(=O)c3ccccc3)[C@@H](Oc3ccc(OC)cc3)O[C@H](CO[C@H]3O[C@H](CO[C@H]4O[C@H](COCc5ccccc5)[C@@H](OCc5ccccc5)[C@H](OCc5ccccc5)[C@@H]4O[C@H]4O[C@H](COCc5ccccc5)[C@@H](OCc5ccccc5)[C@H](OCc5ccccc5)[C@@H]4OC(C)=O)[C@@H](OC(=O)c4ccccc4)[C@H](Oc4ccc5ccccc5c4)[C@@H]3OC(=O)c3ccccc3)[C@H]2OC(=O)c2ccccc2)cc1. The molecule has 0 aliphatic carbocycles. The molecule has 28 heteroatoms. The van der Waals surface area contributed by atoms with Crippen LogP contribution in [0.4, 0.5) is 0 Å². The zero-order valence-electron chi connectivity index (χ0n) is 82.3. The van der Waals surface area contributed by atoms with Crippen LogP contribution in [0.5, 0.6) is 23.0 Å². The van der Waals surface area contributed by atoms with E-state index in [1.807, 2.05) is 212 Å². The molecular formula is C121H116O28. The van der Waals surface area contributed by atoms with Gasteiger partial charge in [-0.3, -0.25) is 4.79 Å². The van der Waals surface area contributed by atoms with Crippen LogP contribution in [0, 0.1) is 0 Å². The summed E-state index contributed by atoms with van der Waals surface area (Å²) in [5.41, 5.74) is 5.80. The molecule has 768 valence electrons. The van der Waals surface area contributed by atoms with E-state index in [1.54, 1.807) is 189 Å². The van der Waals surface area contributed by atoms with Gasteiger partial charge < -0.3 is 109 Å². The van der Waals surface area contributed by atoms with Crippen LogP contribution in [0.25, 0.3) is 10.8 Å². The summed E-state index contributed by atoms with van der Waals surface area (Å²) in [6.45, 7) is -0.575. The quantitative estimate of drug-likeness (QED) is 0.0253. The molecule has 4 aliphatic heterocycles. The van der Waals surface area contributed by atoms with Gasteiger partial charge in [-0.05, 0) is 147 Å². The molecule has 28 nitrogen and oxygen atoms in total. The van der Waals surface area contributed by atoms with Crippen molar-refractivity contribution in [2.24, 2.45) is 0 Å². The predicted molar refractivity (Wildman–Crippen MR) is 545 cm³/mol. The third-order valence-electron chi connectivity index (χ3n) is 25.7. The summed E-state index contributed by atoms with van der Waals surface area (Å²) < 4.78 is 162. The van der Waals surface area contributed by atoms with E-state index < -0.39 is 166 Å². The maximum absolute atomic E-state index is 15.8. The van der Waals surface area contributed by atoms with Crippen molar-refractivity contribution in [1.82, 2.24) is 0 Å². The first-order valence-corrected chi connectivity index (χ1v) is 49.5. The van der Waals surface area contributed by atoms with Gasteiger partial charge in [-0.1, -0.05) is 297 Å². The Kier molecular flexibility index (Phi) is 36.9. The van der Waals surface area contributed by atoms with Crippen molar-refractivity contribution in [1.29, 1.82) is 0 Å². The molecule has 0 amide bonds. The van der Waals surface area contributed by atoms with Gasteiger partial charge in [0.05, 0.1) is 109 Å². The molecule has 14 aromatic rings. The van der Waals surface area contributed by atoms with Crippen LogP contribution in [0.3, 0.4) is 0 Å². The molecule has 149 heavy (non-hydrogen) atoms. The number of ether oxygens (including phenoxy) is 23. The lowest BCUT2D eigenvalue weighted by Gasteiger charge is -2.50. The van der Waals surface area contributed by atoms with Crippen LogP contribution >= 0.6 is 0 Å². The number of hydrogen-bond acceptors (Lipinski definition) is 28. The Balaban J connectivity index is 0.797. The van der Waals surface area contributed by atoms with E-state index >= 15 is 19.2 Å². The predicted octanol–water partition coefficient (Wildman–Crippen LogP) is 19.2. The first-order chi connectivity index (χ1) is 73.2. The van der Waals surface area contributed by atoms with Gasteiger partial charge >= 0.3 is 29.8 Å². The Hall–Kier alpha value is -14.7. The van der Waals surface area contributed by atoms with Crippen LogP contribution in [-0.4, -0.2) is 193 Å². The molecule has 18 rings (SSSR count). The van der Waals surface area contributed by atoms with E-state index in [0.717, 1.165) is 44.2 Å². The topological polar surface area (TPSA) is 298 Å². The second-order valence-corrected chi connectivity index (χ2v) is 36.0. The first-order valence-electron chi connectivity index (χ1n) is 49.5. The molecule has 4 saturated heterocycles. The average Bonchev–Trinajstić information content (AvgIpc) is 0.763. The maximum Gasteiger partial charge on any atom is 0.338 e. The van der Waals surface area contributed by atoms with E-state index in [2.05, 4.69) is 0 Å². The van der Waals surface area contributed by atoms with Gasteiger partial charge in [0.25, 0.3) is 0 Å². The van der Waals surface area contributed by atoms with Gasteiger partial charge in [-0.15, -0.1) is 0 Å². The molecule has 20 atom stereocenters. The van der Waals surface area contributed by atoms with Crippen molar-refractivity contribution in [3.8, 4) is 23.0 Å². The standard InChI is InChI=1S/C121H116O28/c1-80(122)138-111-107(134-74-86-46-24-9-25-47-86)103(132-72-84-42-20-7-21-43-84)99(77-130-70-82-38-16-5-17-39-82)143-121(111)149-110-106(133-73-85-44-22-8-23-45-85)102(131-71-83-40-18-6-19-41-83)98(76-129-69-81-36-14-4-15-37-81)141-118(110)136-79-101-105(146-115(124)90-51-28-11-29-52-90)109(139-97-63-60-88-48-34-35-57-93(88)68-97)113(148-117(126)92-55-32-13-33-56-92)119(142-101)137-78-100-104(145-114(123)89-49-26-10-27-50-89)108(135-75-87-58-61-94(127-2)62-59-87)112(147-116(125)91-53-30-12-31-54-91)120(144-100)140-96-66-64-95(128-3)65-67-96/h4-68,98-113,118-121H,69-79H2,1-3H3/t98-,99-,100-,101-,102-,103-,104-,105-,106+,107+,108+,109+,110+,111+,112+,113+,118+,119+,120+,121-/m1/s1. The van der Waals surface area contributed by atoms with Gasteiger partial charge in [-0.25, -0.2) is 19.2 Å². The van der Waals surface area contributed by atoms with Crippen molar-refractivity contribution >= 4 is 40.6 Å². The number of carbonyl (C=O) groups is 5. The van der Waals surface area contributed by atoms with Crippen LogP contribution in [0.1, 0.15) is 87.3 Å². The second-order valence-electron chi connectivity index (χ2n) is 36.0. The van der Waals surface area contributed by atoms with Crippen molar-refractivity contribution in [3.05, 3.63) is 456 Å². The molecule has 4 aliphatic rings. The lowest BCUT2D eigenvalue weighted by molar-refractivity contribution is -0.384. The van der Waals surface area contributed by atoms with Crippen LogP contribution in [-0.2, 0) is 141 Å². The Morgan fingerprint density at radius 3 is 0.899 bits per heavy atom. The minimum Gasteiger partial charge on any atom is -0.497 e. The fourth-order valence-electron chi connectivity index (χ4n) is 18.1. The molecule has 4 fully saturated rings. The first kappa shape index (κ1) is 104. The van der Waals surface area contributed by atoms with E-state index in [9.17, 15) is 4.79 Å². The lowest BCUT2D eigenvalue weighted by Crippen LogP contribution is -2.67. The Morgan fingerprint density at radius 2 is 0.503 bits per heavy atom. The van der Waals surface area contributed by atoms with Crippen molar-refractivity contribution in [3.63, 3.8) is 0 Å². The Morgan fingerprint density at radius 1 is 0.221 bits per heavy atom. The van der Waals surface area contributed by atoms with E-state index in [4.69, 9.17) is 109 Å². The summed E-state index contributed by atoms with van der Waals surface area (Å²) in [5, 5.41) is 1.55. The van der Waals surface area contributed by atoms with Crippen LogP contribution in [0.2, 0.25) is 0 Å². The average molecular weight is 2020 g/mol. The summed E-state index contributed by atoms with van der Waals surface area (Å²) in [7, 11) is 3.06. The minimum atomic E-state index is -1.93. The maximum atomic E-state index is 15.8. The molecular weight excluding hydrogens is 1900 g/mol. The highest BCUT2D eigenvalue weighted by molar-refractivity contribution is 5.91. The minimum absolute atomic E-state index is 0.0152. The number of methoxy groups -OCH3 is 2. The smallest absolute Gasteiger partial charge is 0.338 e. The fourth-order valence-corrected chi connectivity index (χ4v) is 18.1. The highest BCUT2D eigenvalue weighted by Crippen LogP contribution is 2.42. The molecule has 0 aromatic heterocycles. The number of benzene rings is 14. The highest BCUT2D eigenvalue weighted by atomic mass is 16.8. The van der Waals surface area contributed by atoms with E-state index in [-0.39, 0.29) is 93.2 Å². The summed E-state index contributed by atoms with van der Waals surface area (Å²) in [6.07, 6.45) is -30.6.